The van der Waals surface area contributed by atoms with Crippen LogP contribution in [0.1, 0.15) is 19.8 Å². The molecule has 0 aliphatic carbocycles. The summed E-state index contributed by atoms with van der Waals surface area (Å²) in [7, 11) is -2.07. The van der Waals surface area contributed by atoms with E-state index in [9.17, 15) is 8.42 Å². The van der Waals surface area contributed by atoms with Crippen molar-refractivity contribution < 1.29 is 17.9 Å². The molecule has 1 saturated heterocycles. The molecular weight excluding hydrogens is 292 g/mol. The lowest BCUT2D eigenvalue weighted by Crippen LogP contribution is -2.37. The highest BCUT2D eigenvalue weighted by atomic mass is 32.2. The number of nitrogens with zero attached hydrogens (tertiary/aromatic N) is 1. The molecule has 1 aliphatic heterocycles. The van der Waals surface area contributed by atoms with Crippen LogP contribution in [0.2, 0.25) is 0 Å². The first-order valence-corrected chi connectivity index (χ1v) is 8.48. The van der Waals surface area contributed by atoms with Crippen LogP contribution < -0.4 is 10.5 Å². The van der Waals surface area contributed by atoms with Crippen LogP contribution >= 0.6 is 0 Å². The topological polar surface area (TPSA) is 81.9 Å². The zero-order chi connectivity index (χ0) is 15.5. The lowest BCUT2D eigenvalue weighted by atomic mass is 10.2. The van der Waals surface area contributed by atoms with Crippen LogP contribution in [0, 0.1) is 0 Å². The van der Waals surface area contributed by atoms with Gasteiger partial charge in [0.1, 0.15) is 5.75 Å². The molecule has 2 rings (SSSR count). The van der Waals surface area contributed by atoms with E-state index in [0.717, 1.165) is 12.8 Å². The van der Waals surface area contributed by atoms with Crippen molar-refractivity contribution in [2.75, 3.05) is 32.5 Å². The van der Waals surface area contributed by atoms with E-state index in [4.69, 9.17) is 15.2 Å². The average Bonchev–Trinajstić information content (AvgIpc) is 2.97. The lowest BCUT2D eigenvalue weighted by Gasteiger charge is -2.23. The highest BCUT2D eigenvalue weighted by molar-refractivity contribution is 7.89. The summed E-state index contributed by atoms with van der Waals surface area (Å²) in [6, 6.07) is 4.52. The predicted molar refractivity (Wildman–Crippen MR) is 80.8 cm³/mol. The van der Waals surface area contributed by atoms with Crippen LogP contribution in [-0.2, 0) is 14.8 Å². The zero-order valence-corrected chi connectivity index (χ0v) is 13.2. The lowest BCUT2D eigenvalue weighted by molar-refractivity contribution is 0.0947. The van der Waals surface area contributed by atoms with Gasteiger partial charge in [-0.25, -0.2) is 8.42 Å². The Morgan fingerprint density at radius 2 is 2.24 bits per heavy atom. The fourth-order valence-electron chi connectivity index (χ4n) is 2.43. The molecule has 1 aromatic rings. The van der Waals surface area contributed by atoms with E-state index in [1.54, 1.807) is 6.07 Å². The monoisotopic (exact) mass is 314 g/mol. The van der Waals surface area contributed by atoms with Crippen molar-refractivity contribution in [2.24, 2.45) is 0 Å². The third-order valence-electron chi connectivity index (χ3n) is 3.62. The van der Waals surface area contributed by atoms with Crippen LogP contribution in [0.15, 0.2) is 23.1 Å². The summed E-state index contributed by atoms with van der Waals surface area (Å²) in [6.07, 6.45) is 1.87. The molecule has 0 spiro atoms. The van der Waals surface area contributed by atoms with Gasteiger partial charge >= 0.3 is 0 Å². The Hall–Kier alpha value is -1.31. The fourth-order valence-corrected chi connectivity index (χ4v) is 3.95. The number of methoxy groups -OCH3 is 1. The normalized spacial score (nSPS) is 19.1. The van der Waals surface area contributed by atoms with Crippen molar-refractivity contribution in [1.82, 2.24) is 4.31 Å². The van der Waals surface area contributed by atoms with E-state index >= 15 is 0 Å². The van der Waals surface area contributed by atoms with Crippen LogP contribution in [0.3, 0.4) is 0 Å². The summed E-state index contributed by atoms with van der Waals surface area (Å²) >= 11 is 0. The fraction of sp³-hybridized carbons (Fsp3) is 0.571. The van der Waals surface area contributed by atoms with Gasteiger partial charge in [0.15, 0.2) is 0 Å². The molecule has 7 heteroatoms. The molecule has 0 amide bonds. The molecule has 1 unspecified atom stereocenters. The van der Waals surface area contributed by atoms with Crippen molar-refractivity contribution >= 4 is 15.7 Å². The zero-order valence-electron chi connectivity index (χ0n) is 12.4. The van der Waals surface area contributed by atoms with Gasteiger partial charge in [0.05, 0.1) is 23.8 Å². The number of anilines is 1. The minimum absolute atomic E-state index is 0.0182. The Balaban J connectivity index is 2.23. The SMILES string of the molecule is CCN(CC1CCCO1)S(=O)(=O)c1ccc(OC)c(N)c1. The number of hydrogen-bond donors (Lipinski definition) is 1. The largest absolute Gasteiger partial charge is 0.495 e. The van der Waals surface area contributed by atoms with Gasteiger partial charge in [0.25, 0.3) is 0 Å². The summed E-state index contributed by atoms with van der Waals surface area (Å²) in [5.41, 5.74) is 6.11. The van der Waals surface area contributed by atoms with Crippen molar-refractivity contribution in [2.45, 2.75) is 30.8 Å². The maximum atomic E-state index is 12.7. The molecule has 0 bridgehead atoms. The first kappa shape index (κ1) is 16.1. The van der Waals surface area contributed by atoms with Crippen molar-refractivity contribution in [3.05, 3.63) is 18.2 Å². The molecule has 1 fully saturated rings. The second-order valence-electron chi connectivity index (χ2n) is 4.99. The van der Waals surface area contributed by atoms with Crippen molar-refractivity contribution in [3.8, 4) is 5.75 Å². The van der Waals surface area contributed by atoms with Crippen LogP contribution in [-0.4, -0.2) is 45.6 Å². The number of hydrogen-bond acceptors (Lipinski definition) is 5. The molecular formula is C14H22N2O4S. The third kappa shape index (κ3) is 3.48. The van der Waals surface area contributed by atoms with E-state index in [-0.39, 0.29) is 11.0 Å². The molecule has 2 N–H and O–H groups in total. The van der Waals surface area contributed by atoms with E-state index in [1.165, 1.54) is 23.5 Å². The molecule has 1 heterocycles. The number of nitrogen functional groups attached to an aromatic ring is 1. The van der Waals surface area contributed by atoms with Crippen LogP contribution in [0.25, 0.3) is 0 Å². The Bertz CT molecular complexity index is 583. The summed E-state index contributed by atoms with van der Waals surface area (Å²) in [4.78, 5) is 0.181. The molecule has 0 aromatic heterocycles. The summed E-state index contributed by atoms with van der Waals surface area (Å²) in [5, 5.41) is 0. The number of rotatable bonds is 6. The molecule has 1 aliphatic rings. The molecule has 6 nitrogen and oxygen atoms in total. The second-order valence-corrected chi connectivity index (χ2v) is 6.93. The Morgan fingerprint density at radius 3 is 2.76 bits per heavy atom. The number of likely N-dealkylation sites (N-methyl/N-ethyl adjacent to an activating group) is 1. The van der Waals surface area contributed by atoms with E-state index in [0.29, 0.717) is 31.1 Å². The molecule has 0 saturated carbocycles. The van der Waals surface area contributed by atoms with E-state index in [2.05, 4.69) is 0 Å². The first-order chi connectivity index (χ1) is 9.98. The molecule has 1 aromatic carbocycles. The summed E-state index contributed by atoms with van der Waals surface area (Å²) < 4.78 is 37.4. The standard InChI is InChI=1S/C14H22N2O4S/c1-3-16(10-11-5-4-8-20-11)21(17,18)12-6-7-14(19-2)13(15)9-12/h6-7,9,11H,3-5,8,10,15H2,1-2H3. The summed E-state index contributed by atoms with van der Waals surface area (Å²) in [6.45, 7) is 3.30. The molecule has 21 heavy (non-hydrogen) atoms. The second kappa shape index (κ2) is 6.64. The molecule has 0 radical (unpaired) electrons. The number of ether oxygens (including phenoxy) is 2. The van der Waals surface area contributed by atoms with Crippen molar-refractivity contribution in [3.63, 3.8) is 0 Å². The van der Waals surface area contributed by atoms with Crippen LogP contribution in [0.4, 0.5) is 5.69 Å². The number of sulfonamides is 1. The minimum Gasteiger partial charge on any atom is -0.495 e. The Morgan fingerprint density at radius 1 is 1.48 bits per heavy atom. The summed E-state index contributed by atoms with van der Waals surface area (Å²) in [5.74, 6) is 0.469. The maximum Gasteiger partial charge on any atom is 0.243 e. The van der Waals surface area contributed by atoms with Gasteiger partial charge in [-0.15, -0.1) is 0 Å². The van der Waals surface area contributed by atoms with Gasteiger partial charge in [-0.2, -0.15) is 4.31 Å². The molecule has 118 valence electrons. The van der Waals surface area contributed by atoms with Crippen molar-refractivity contribution in [1.29, 1.82) is 0 Å². The number of nitrogens with two attached hydrogens (primary N) is 1. The highest BCUT2D eigenvalue weighted by Gasteiger charge is 2.28. The Kier molecular flexibility index (Phi) is 5.08. The number of benzene rings is 1. The van der Waals surface area contributed by atoms with Gasteiger partial charge < -0.3 is 15.2 Å². The van der Waals surface area contributed by atoms with Gasteiger partial charge in [0, 0.05) is 19.7 Å². The quantitative estimate of drug-likeness (QED) is 0.804. The van der Waals surface area contributed by atoms with Gasteiger partial charge in [0.2, 0.25) is 10.0 Å². The van der Waals surface area contributed by atoms with Gasteiger partial charge in [-0.1, -0.05) is 6.92 Å². The average molecular weight is 314 g/mol. The molecule has 1 atom stereocenters. The van der Waals surface area contributed by atoms with Gasteiger partial charge in [-0.3, -0.25) is 0 Å². The van der Waals surface area contributed by atoms with E-state index < -0.39 is 10.0 Å². The third-order valence-corrected chi connectivity index (χ3v) is 5.56. The predicted octanol–water partition coefficient (Wildman–Crippen LogP) is 1.47. The smallest absolute Gasteiger partial charge is 0.243 e. The van der Waals surface area contributed by atoms with Gasteiger partial charge in [-0.05, 0) is 31.0 Å². The van der Waals surface area contributed by atoms with Crippen LogP contribution in [0.5, 0.6) is 5.75 Å². The van der Waals surface area contributed by atoms with E-state index in [1.807, 2.05) is 6.92 Å². The maximum absolute atomic E-state index is 12.7. The highest BCUT2D eigenvalue weighted by Crippen LogP contribution is 2.27. The Labute approximate surface area is 125 Å². The first-order valence-electron chi connectivity index (χ1n) is 7.04. The minimum atomic E-state index is -3.57.